The molecule has 10 nitrogen and oxygen atoms in total. The highest BCUT2D eigenvalue weighted by molar-refractivity contribution is 6.00. The van der Waals surface area contributed by atoms with Crippen molar-refractivity contribution in [3.05, 3.63) is 87.2 Å². The van der Waals surface area contributed by atoms with Crippen LogP contribution < -0.4 is 0 Å². The second kappa shape index (κ2) is 13.9. The fourth-order valence-electron chi connectivity index (χ4n) is 7.22. The van der Waals surface area contributed by atoms with E-state index >= 15 is 0 Å². The number of hydrogen-bond acceptors (Lipinski definition) is 5. The minimum Gasteiger partial charge on any atom is -0.465 e. The highest BCUT2D eigenvalue weighted by atomic mass is 16.5. The molecule has 0 bridgehead atoms. The maximum absolute atomic E-state index is 15.0. The molecule has 0 saturated carbocycles. The summed E-state index contributed by atoms with van der Waals surface area (Å²) in [6, 6.07) is 12.3. The van der Waals surface area contributed by atoms with E-state index in [1.54, 1.807) is 4.90 Å². The Morgan fingerprint density at radius 2 is 1.70 bits per heavy atom. The predicted molar refractivity (Wildman–Crippen MR) is 180 cm³/mol. The van der Waals surface area contributed by atoms with Gasteiger partial charge in [0.2, 0.25) is 0 Å². The maximum Gasteiger partial charge on any atom is 0.407 e. The lowest BCUT2D eigenvalue weighted by Gasteiger charge is -2.41. The number of carboxylic acid groups (broad SMARTS) is 1. The largest absolute Gasteiger partial charge is 0.465 e. The summed E-state index contributed by atoms with van der Waals surface area (Å²) in [6.45, 7) is 11.7. The summed E-state index contributed by atoms with van der Waals surface area (Å²) in [5, 5.41) is 9.78. The molecule has 3 aromatic rings. The number of nitrogens with zero attached hydrogens (tertiary/aromatic N) is 5. The van der Waals surface area contributed by atoms with Crippen molar-refractivity contribution in [1.82, 2.24) is 24.2 Å². The number of rotatable bonds is 8. The van der Waals surface area contributed by atoms with E-state index in [0.717, 1.165) is 72.5 Å². The van der Waals surface area contributed by atoms with E-state index in [-0.39, 0.29) is 24.4 Å². The van der Waals surface area contributed by atoms with E-state index in [1.807, 2.05) is 48.7 Å². The molecule has 1 aromatic heterocycles. The van der Waals surface area contributed by atoms with Crippen molar-refractivity contribution >= 4 is 17.9 Å². The molecule has 250 valence electrons. The van der Waals surface area contributed by atoms with Gasteiger partial charge in [-0.1, -0.05) is 37.6 Å². The second-order valence-electron chi connectivity index (χ2n) is 13.3. The van der Waals surface area contributed by atoms with E-state index in [2.05, 4.69) is 36.1 Å². The molecule has 3 aliphatic rings. The first-order chi connectivity index (χ1) is 22.7. The highest BCUT2D eigenvalue weighted by Crippen LogP contribution is 2.33. The molecular formula is C37H47N5O5. The molecule has 6 rings (SSSR count). The number of aromatic nitrogens is 1. The molecule has 1 atom stereocenters. The van der Waals surface area contributed by atoms with Gasteiger partial charge in [0, 0.05) is 70.8 Å². The van der Waals surface area contributed by atoms with Gasteiger partial charge in [0.05, 0.1) is 30.0 Å². The summed E-state index contributed by atoms with van der Waals surface area (Å²) < 4.78 is 7.61. The van der Waals surface area contributed by atoms with Crippen LogP contribution in [0.2, 0.25) is 0 Å². The van der Waals surface area contributed by atoms with Crippen LogP contribution in [0.1, 0.15) is 74.0 Å². The van der Waals surface area contributed by atoms with Gasteiger partial charge in [0.25, 0.3) is 11.8 Å². The second-order valence-corrected chi connectivity index (χ2v) is 13.3. The molecule has 47 heavy (non-hydrogen) atoms. The number of unbranched alkanes of at least 4 members (excludes halogenated alkanes) is 1. The Morgan fingerprint density at radius 3 is 2.43 bits per heavy atom. The molecule has 10 heteroatoms. The summed E-state index contributed by atoms with van der Waals surface area (Å²) >= 11 is 0. The van der Waals surface area contributed by atoms with Crippen molar-refractivity contribution in [2.24, 2.45) is 0 Å². The highest BCUT2D eigenvalue weighted by Gasteiger charge is 2.35. The van der Waals surface area contributed by atoms with Crippen molar-refractivity contribution in [2.75, 3.05) is 53.0 Å². The average Bonchev–Trinajstić information content (AvgIpc) is 3.38. The monoisotopic (exact) mass is 641 g/mol. The Kier molecular flexibility index (Phi) is 9.70. The number of hydrogen-bond donors (Lipinski definition) is 1. The molecule has 3 amide bonds. The van der Waals surface area contributed by atoms with E-state index in [1.165, 1.54) is 10.5 Å². The minimum absolute atomic E-state index is 0.0288. The molecule has 0 aliphatic carbocycles. The lowest BCUT2D eigenvalue weighted by molar-refractivity contribution is 0.0193. The number of morpholine rings is 1. The number of fused-ring (bicyclic) bond motifs is 2. The van der Waals surface area contributed by atoms with Gasteiger partial charge in [-0.05, 0) is 73.1 Å². The van der Waals surface area contributed by atoms with Gasteiger partial charge < -0.3 is 29.1 Å². The van der Waals surface area contributed by atoms with Gasteiger partial charge >= 0.3 is 6.09 Å². The van der Waals surface area contributed by atoms with E-state index in [9.17, 15) is 19.5 Å². The smallest absolute Gasteiger partial charge is 0.407 e. The number of carbonyl (C=O) groups excluding carboxylic acids is 2. The minimum atomic E-state index is -0.960. The maximum atomic E-state index is 15.0. The van der Waals surface area contributed by atoms with Crippen LogP contribution in [0.5, 0.6) is 0 Å². The third-order valence-electron chi connectivity index (χ3n) is 10.3. The van der Waals surface area contributed by atoms with Crippen LogP contribution in [-0.2, 0) is 30.7 Å². The Hall–Kier alpha value is -4.15. The first-order valence-corrected chi connectivity index (χ1v) is 16.9. The van der Waals surface area contributed by atoms with Gasteiger partial charge in [-0.25, -0.2) is 4.79 Å². The molecule has 0 spiro atoms. The van der Waals surface area contributed by atoms with Crippen LogP contribution in [0.25, 0.3) is 5.69 Å². The van der Waals surface area contributed by atoms with E-state index in [4.69, 9.17) is 4.74 Å². The fourth-order valence-corrected chi connectivity index (χ4v) is 7.22. The quantitative estimate of drug-likeness (QED) is 0.376. The first-order valence-electron chi connectivity index (χ1n) is 16.9. The Balaban J connectivity index is 1.44. The molecule has 1 N–H and O–H groups in total. The van der Waals surface area contributed by atoms with Crippen molar-refractivity contribution in [3.8, 4) is 5.69 Å². The summed E-state index contributed by atoms with van der Waals surface area (Å²) in [5.41, 5.74) is 7.98. The van der Waals surface area contributed by atoms with Gasteiger partial charge in [0.1, 0.15) is 0 Å². The van der Waals surface area contributed by atoms with Crippen LogP contribution in [0.4, 0.5) is 4.79 Å². The third-order valence-corrected chi connectivity index (χ3v) is 10.3. The van der Waals surface area contributed by atoms with Crippen LogP contribution in [-0.4, -0.2) is 106 Å². The Morgan fingerprint density at radius 1 is 0.957 bits per heavy atom. The van der Waals surface area contributed by atoms with Crippen molar-refractivity contribution in [1.29, 1.82) is 0 Å². The average molecular weight is 642 g/mol. The topological polar surface area (TPSA) is 98.6 Å². The number of amides is 3. The van der Waals surface area contributed by atoms with Crippen LogP contribution >= 0.6 is 0 Å². The zero-order chi connectivity index (χ0) is 33.2. The van der Waals surface area contributed by atoms with Crippen molar-refractivity contribution in [2.45, 2.75) is 65.6 Å². The van der Waals surface area contributed by atoms with E-state index < -0.39 is 6.09 Å². The molecule has 2 aromatic carbocycles. The molecule has 4 heterocycles. The fraction of sp³-hybridized carbons (Fsp3) is 0.486. The molecule has 3 aliphatic heterocycles. The Labute approximate surface area is 277 Å². The number of carbonyl (C=O) groups is 3. The Bertz CT molecular complexity index is 1660. The SMILES string of the molecule is CCCCN(C)C(=O)c1cn(-c2cc3c(cc2C(=O)N2Cc4ccccc4C[C@H]2CN2CCOCC2)CN(C(=O)O)CC3)c(C)c1C. The lowest BCUT2D eigenvalue weighted by Crippen LogP contribution is -2.52. The lowest BCUT2D eigenvalue weighted by atomic mass is 9.91. The third kappa shape index (κ3) is 6.67. The summed E-state index contributed by atoms with van der Waals surface area (Å²) in [4.78, 5) is 48.1. The number of ether oxygens (including phenoxy) is 1. The van der Waals surface area contributed by atoms with Crippen LogP contribution in [0.3, 0.4) is 0 Å². The zero-order valence-corrected chi connectivity index (χ0v) is 28.1. The van der Waals surface area contributed by atoms with Gasteiger partial charge in [-0.15, -0.1) is 0 Å². The number of benzene rings is 2. The van der Waals surface area contributed by atoms with Gasteiger partial charge in [0.15, 0.2) is 0 Å². The van der Waals surface area contributed by atoms with Crippen molar-refractivity contribution in [3.63, 3.8) is 0 Å². The van der Waals surface area contributed by atoms with E-state index in [0.29, 0.717) is 50.4 Å². The van der Waals surface area contributed by atoms with Gasteiger partial charge in [-0.3, -0.25) is 14.5 Å². The molecule has 0 radical (unpaired) electrons. The standard InChI is InChI=1S/C37H47N5O5/c1-5-6-12-38(4)35(43)33-24-41(26(3)25(33)2)34-20-28-11-13-40(37(45)46)21-30(28)19-32(34)36(44)42-22-29-10-8-7-9-27(29)18-31(42)23-39-14-16-47-17-15-39/h7-10,19-20,24,31H,5-6,11-18,21-23H2,1-4H3,(H,45,46)/t31-/m0/s1. The molecule has 0 unspecified atom stereocenters. The molecular weight excluding hydrogens is 594 g/mol. The summed E-state index contributed by atoms with van der Waals surface area (Å²) in [6.07, 6.45) is 4.18. The molecule has 1 fully saturated rings. The predicted octanol–water partition coefficient (Wildman–Crippen LogP) is 4.90. The van der Waals surface area contributed by atoms with Crippen molar-refractivity contribution < 1.29 is 24.2 Å². The molecule has 1 saturated heterocycles. The van der Waals surface area contributed by atoms with Crippen LogP contribution in [0, 0.1) is 13.8 Å². The first kappa shape index (κ1) is 32.8. The zero-order valence-electron chi connectivity index (χ0n) is 28.1. The normalized spacial score (nSPS) is 18.1. The summed E-state index contributed by atoms with van der Waals surface area (Å²) in [7, 11) is 1.84. The summed E-state index contributed by atoms with van der Waals surface area (Å²) in [5.74, 6) is -0.111. The van der Waals surface area contributed by atoms with Gasteiger partial charge in [-0.2, -0.15) is 0 Å². The van der Waals surface area contributed by atoms with Crippen LogP contribution in [0.15, 0.2) is 42.6 Å².